The van der Waals surface area contributed by atoms with Crippen molar-refractivity contribution in [3.63, 3.8) is 0 Å². The molecule has 1 fully saturated rings. The highest BCUT2D eigenvalue weighted by molar-refractivity contribution is 7.90. The van der Waals surface area contributed by atoms with Gasteiger partial charge in [-0.3, -0.25) is 14.4 Å². The van der Waals surface area contributed by atoms with Gasteiger partial charge in [0.1, 0.15) is 11.5 Å². The van der Waals surface area contributed by atoms with E-state index in [9.17, 15) is 22.8 Å². The number of rotatable bonds is 4. The van der Waals surface area contributed by atoms with Crippen LogP contribution in [0.5, 0.6) is 0 Å². The summed E-state index contributed by atoms with van der Waals surface area (Å²) in [5.74, 6) is -1.30. The quantitative estimate of drug-likeness (QED) is 0.684. The van der Waals surface area contributed by atoms with Gasteiger partial charge in [-0.05, 0) is 25.0 Å². The average molecular weight is 423 g/mol. The van der Waals surface area contributed by atoms with Gasteiger partial charge in [-0.2, -0.15) is 0 Å². The van der Waals surface area contributed by atoms with Crippen molar-refractivity contribution in [1.29, 1.82) is 0 Å². The van der Waals surface area contributed by atoms with Gasteiger partial charge in [-0.15, -0.1) is 0 Å². The Bertz CT molecular complexity index is 927. The van der Waals surface area contributed by atoms with Crippen LogP contribution in [0.1, 0.15) is 44.0 Å². The summed E-state index contributed by atoms with van der Waals surface area (Å²) in [5, 5.41) is 0. The van der Waals surface area contributed by atoms with Crippen LogP contribution in [0.25, 0.3) is 0 Å². The van der Waals surface area contributed by atoms with Crippen LogP contribution in [0.2, 0.25) is 0 Å². The Balaban J connectivity index is 1.50. The summed E-state index contributed by atoms with van der Waals surface area (Å²) in [6.07, 6.45) is 1.01. The highest BCUT2D eigenvalue weighted by Crippen LogP contribution is 2.29. The first-order valence-corrected chi connectivity index (χ1v) is 11.1. The molecule has 2 aliphatic heterocycles. The Kier molecular flexibility index (Phi) is 5.71. The van der Waals surface area contributed by atoms with E-state index >= 15 is 0 Å². The van der Waals surface area contributed by atoms with E-state index < -0.39 is 27.3 Å². The van der Waals surface area contributed by atoms with Crippen molar-refractivity contribution in [3.8, 4) is 0 Å². The van der Waals surface area contributed by atoms with E-state index in [0.29, 0.717) is 25.9 Å². The summed E-state index contributed by atoms with van der Waals surface area (Å²) in [4.78, 5) is 38.7. The van der Waals surface area contributed by atoms with Gasteiger partial charge in [0.25, 0.3) is 15.9 Å². The maximum absolute atomic E-state index is 12.5. The average Bonchev–Trinajstić information content (AvgIpc) is 2.87. The van der Waals surface area contributed by atoms with Gasteiger partial charge in [0.15, 0.2) is 0 Å². The number of hydrogen-bond acceptors (Lipinski definition) is 6. The molecule has 0 atom stereocenters. The van der Waals surface area contributed by atoms with Gasteiger partial charge in [-0.25, -0.2) is 12.7 Å². The number of ether oxygens (including phenoxy) is 1. The molecule has 29 heavy (non-hydrogen) atoms. The van der Waals surface area contributed by atoms with Gasteiger partial charge in [0, 0.05) is 18.5 Å². The van der Waals surface area contributed by atoms with E-state index in [2.05, 4.69) is 0 Å². The maximum atomic E-state index is 12.5. The van der Waals surface area contributed by atoms with Gasteiger partial charge in [-0.1, -0.05) is 32.9 Å². The molecule has 2 heterocycles. The fraction of sp³-hybridized carbons (Fsp3) is 0.550. The molecule has 8 nitrogen and oxygen atoms in total. The smallest absolute Gasteiger partial charge is 0.309 e. The lowest BCUT2D eigenvalue weighted by atomic mass is 9.91. The fourth-order valence-corrected chi connectivity index (χ4v) is 5.14. The Morgan fingerprint density at radius 3 is 2.34 bits per heavy atom. The SMILES string of the molecule is CC(C)(C)C(=O)N1CCC(C(=O)OCCN2C(=O)c3ccccc3S2(=O)=O)CC1. The molecule has 1 saturated heterocycles. The topological polar surface area (TPSA) is 101 Å². The molecule has 0 bridgehead atoms. The van der Waals surface area contributed by atoms with E-state index in [1.54, 1.807) is 17.0 Å². The van der Waals surface area contributed by atoms with Gasteiger partial charge < -0.3 is 9.64 Å². The maximum Gasteiger partial charge on any atom is 0.309 e. The molecule has 1 aromatic rings. The number of carbonyl (C=O) groups is 3. The van der Waals surface area contributed by atoms with E-state index in [-0.39, 0.29) is 35.4 Å². The number of esters is 1. The minimum absolute atomic E-state index is 0.0211. The lowest BCUT2D eigenvalue weighted by Crippen LogP contribution is -2.45. The van der Waals surface area contributed by atoms with Crippen molar-refractivity contribution >= 4 is 27.8 Å². The fourth-order valence-electron chi connectivity index (χ4n) is 3.59. The Morgan fingerprint density at radius 2 is 1.76 bits per heavy atom. The van der Waals surface area contributed by atoms with Crippen molar-refractivity contribution in [1.82, 2.24) is 9.21 Å². The number of sulfonamides is 1. The zero-order valence-electron chi connectivity index (χ0n) is 16.9. The highest BCUT2D eigenvalue weighted by atomic mass is 32.2. The zero-order chi connectivity index (χ0) is 21.4. The Hall–Kier alpha value is -2.42. The number of amides is 2. The zero-order valence-corrected chi connectivity index (χ0v) is 17.7. The summed E-state index contributed by atoms with van der Waals surface area (Å²) in [5.41, 5.74) is -0.326. The third kappa shape index (κ3) is 4.14. The second-order valence-corrected chi connectivity index (χ2v) is 10.2. The number of hydrogen-bond donors (Lipinski definition) is 0. The monoisotopic (exact) mass is 422 g/mol. The first kappa shape index (κ1) is 21.3. The predicted molar refractivity (Wildman–Crippen MR) is 104 cm³/mol. The summed E-state index contributed by atoms with van der Waals surface area (Å²) >= 11 is 0. The highest BCUT2D eigenvalue weighted by Gasteiger charge is 2.41. The van der Waals surface area contributed by atoms with Gasteiger partial charge in [0.2, 0.25) is 5.91 Å². The largest absolute Gasteiger partial charge is 0.464 e. The number of carbonyl (C=O) groups excluding carboxylic acids is 3. The number of fused-ring (bicyclic) bond motifs is 1. The van der Waals surface area contributed by atoms with Gasteiger partial charge >= 0.3 is 5.97 Å². The molecular formula is C20H26N2O6S. The van der Waals surface area contributed by atoms with Crippen LogP contribution in [0.3, 0.4) is 0 Å². The van der Waals surface area contributed by atoms with Gasteiger partial charge in [0.05, 0.1) is 18.0 Å². The normalized spacial score (nSPS) is 19.2. The molecule has 0 spiro atoms. The molecule has 158 valence electrons. The van der Waals surface area contributed by atoms with Crippen LogP contribution >= 0.6 is 0 Å². The molecule has 0 saturated carbocycles. The van der Waals surface area contributed by atoms with Crippen LogP contribution in [-0.4, -0.2) is 61.6 Å². The second-order valence-electron chi connectivity index (χ2n) is 8.36. The summed E-state index contributed by atoms with van der Waals surface area (Å²) in [6, 6.07) is 6.02. The van der Waals surface area contributed by atoms with Crippen LogP contribution < -0.4 is 0 Å². The Morgan fingerprint density at radius 1 is 1.14 bits per heavy atom. The summed E-state index contributed by atoms with van der Waals surface area (Å²) in [7, 11) is -3.90. The van der Waals surface area contributed by atoms with Crippen LogP contribution in [-0.2, 0) is 24.3 Å². The molecule has 0 unspecified atom stereocenters. The van der Waals surface area contributed by atoms with Crippen molar-refractivity contribution in [2.45, 2.75) is 38.5 Å². The molecule has 1 aromatic carbocycles. The molecule has 9 heteroatoms. The molecule has 2 amide bonds. The number of nitrogens with zero attached hydrogens (tertiary/aromatic N) is 2. The third-order valence-electron chi connectivity index (χ3n) is 5.21. The first-order chi connectivity index (χ1) is 13.5. The lowest BCUT2D eigenvalue weighted by Gasteiger charge is -2.35. The lowest BCUT2D eigenvalue weighted by molar-refractivity contribution is -0.153. The molecule has 0 aromatic heterocycles. The van der Waals surface area contributed by atoms with Crippen molar-refractivity contribution in [2.75, 3.05) is 26.2 Å². The third-order valence-corrected chi connectivity index (χ3v) is 7.05. The molecule has 0 N–H and O–H groups in total. The first-order valence-electron chi connectivity index (χ1n) is 9.65. The molecule has 0 radical (unpaired) electrons. The van der Waals surface area contributed by atoms with Crippen molar-refractivity contribution in [2.24, 2.45) is 11.3 Å². The minimum atomic E-state index is -3.90. The number of benzene rings is 1. The van der Waals surface area contributed by atoms with E-state index in [1.807, 2.05) is 20.8 Å². The predicted octanol–water partition coefficient (Wildman–Crippen LogP) is 1.66. The van der Waals surface area contributed by atoms with E-state index in [0.717, 1.165) is 4.31 Å². The molecular weight excluding hydrogens is 396 g/mol. The Labute approximate surface area is 170 Å². The summed E-state index contributed by atoms with van der Waals surface area (Å²) < 4.78 is 31.0. The number of piperidine rings is 1. The standard InChI is InChI=1S/C20H26N2O6S/c1-20(2,3)19(25)21-10-8-14(9-11-21)18(24)28-13-12-22-17(23)15-6-4-5-7-16(15)29(22,26)27/h4-7,14H,8-13H2,1-3H3. The van der Waals surface area contributed by atoms with Crippen molar-refractivity contribution in [3.05, 3.63) is 29.8 Å². The minimum Gasteiger partial charge on any atom is -0.464 e. The van der Waals surface area contributed by atoms with E-state index in [1.165, 1.54) is 12.1 Å². The summed E-state index contributed by atoms with van der Waals surface area (Å²) in [6.45, 7) is 6.15. The molecule has 3 rings (SSSR count). The van der Waals surface area contributed by atoms with E-state index in [4.69, 9.17) is 4.74 Å². The van der Waals surface area contributed by atoms with Crippen molar-refractivity contribution < 1.29 is 27.5 Å². The second kappa shape index (κ2) is 7.78. The molecule has 0 aliphatic carbocycles. The van der Waals surface area contributed by atoms with Crippen LogP contribution in [0, 0.1) is 11.3 Å². The van der Waals surface area contributed by atoms with Crippen LogP contribution in [0.4, 0.5) is 0 Å². The number of likely N-dealkylation sites (tertiary alicyclic amines) is 1. The molecule has 2 aliphatic rings. The van der Waals surface area contributed by atoms with Crippen LogP contribution in [0.15, 0.2) is 29.2 Å².